The maximum absolute atomic E-state index is 13.5. The molecule has 0 fully saturated rings. The van der Waals surface area contributed by atoms with Crippen molar-refractivity contribution in [3.8, 4) is 10.8 Å². The Kier molecular flexibility index (Phi) is 4.12. The molecule has 1 amide bonds. The van der Waals surface area contributed by atoms with Gasteiger partial charge in [-0.2, -0.15) is 0 Å². The Hall–Kier alpha value is -3.22. The molecule has 0 saturated heterocycles. The lowest BCUT2D eigenvalue weighted by Crippen LogP contribution is -2.41. The van der Waals surface area contributed by atoms with E-state index in [9.17, 15) is 9.90 Å². The van der Waals surface area contributed by atoms with Crippen LogP contribution >= 0.6 is 11.3 Å². The molecule has 0 spiro atoms. The Morgan fingerprint density at radius 2 is 1.83 bits per heavy atom. The molecule has 5 rings (SSSR count). The van der Waals surface area contributed by atoms with E-state index in [1.54, 1.807) is 34.4 Å². The van der Waals surface area contributed by atoms with Gasteiger partial charge in [-0.3, -0.25) is 4.79 Å². The molecular formula is C23H18N2O3S. The third-order valence-electron chi connectivity index (χ3n) is 5.26. The van der Waals surface area contributed by atoms with Crippen molar-refractivity contribution < 1.29 is 14.3 Å². The lowest BCUT2D eigenvalue weighted by atomic mass is 9.88. The van der Waals surface area contributed by atoms with E-state index in [0.29, 0.717) is 34.2 Å². The number of hydrogen-bond acceptors (Lipinski definition) is 5. The number of aliphatic hydroxyl groups is 1. The Bertz CT molecular complexity index is 1180. The van der Waals surface area contributed by atoms with Gasteiger partial charge in [-0.25, -0.2) is 4.98 Å². The average Bonchev–Trinajstić information content (AvgIpc) is 3.45. The van der Waals surface area contributed by atoms with Crippen molar-refractivity contribution in [1.29, 1.82) is 0 Å². The highest BCUT2D eigenvalue weighted by Crippen LogP contribution is 2.45. The van der Waals surface area contributed by atoms with Gasteiger partial charge in [0.2, 0.25) is 5.89 Å². The Labute approximate surface area is 171 Å². The van der Waals surface area contributed by atoms with Crippen LogP contribution in [0.3, 0.4) is 0 Å². The number of fused-ring (bicyclic) bond motifs is 1. The number of oxazole rings is 1. The molecule has 1 aliphatic rings. The highest BCUT2D eigenvalue weighted by Gasteiger charge is 2.51. The van der Waals surface area contributed by atoms with Crippen molar-refractivity contribution in [2.45, 2.75) is 19.1 Å². The minimum Gasteiger partial charge on any atom is -0.440 e. The number of amides is 1. The molecule has 1 aliphatic heterocycles. The number of carbonyl (C=O) groups is 1. The number of aryl methyl sites for hydroxylation is 1. The van der Waals surface area contributed by atoms with E-state index in [1.807, 2.05) is 60.8 Å². The molecule has 2 aromatic heterocycles. The maximum atomic E-state index is 13.5. The van der Waals surface area contributed by atoms with Gasteiger partial charge in [0.05, 0.1) is 17.1 Å². The van der Waals surface area contributed by atoms with Crippen molar-refractivity contribution in [2.24, 2.45) is 0 Å². The Morgan fingerprint density at radius 1 is 1.07 bits per heavy atom. The van der Waals surface area contributed by atoms with E-state index >= 15 is 0 Å². The third-order valence-corrected chi connectivity index (χ3v) is 6.12. The number of aromatic nitrogens is 1. The van der Waals surface area contributed by atoms with Crippen LogP contribution in [0.2, 0.25) is 0 Å². The van der Waals surface area contributed by atoms with Gasteiger partial charge in [-0.05, 0) is 30.0 Å². The summed E-state index contributed by atoms with van der Waals surface area (Å²) in [6.07, 6.45) is 0. The average molecular weight is 402 g/mol. The van der Waals surface area contributed by atoms with E-state index in [1.165, 1.54) is 0 Å². The summed E-state index contributed by atoms with van der Waals surface area (Å²) in [6, 6.07) is 20.3. The first kappa shape index (κ1) is 17.8. The molecule has 144 valence electrons. The van der Waals surface area contributed by atoms with Gasteiger partial charge in [0.25, 0.3) is 5.91 Å². The monoisotopic (exact) mass is 402 g/mol. The lowest BCUT2D eigenvalue weighted by Gasteiger charge is -2.23. The highest BCUT2D eigenvalue weighted by atomic mass is 32.1. The summed E-state index contributed by atoms with van der Waals surface area (Å²) in [5.74, 6) is 0.824. The molecule has 0 unspecified atom stereocenters. The molecule has 6 heteroatoms. The van der Waals surface area contributed by atoms with Crippen LogP contribution in [0.15, 0.2) is 76.5 Å². The molecule has 0 radical (unpaired) electrons. The van der Waals surface area contributed by atoms with Gasteiger partial charge < -0.3 is 14.4 Å². The summed E-state index contributed by atoms with van der Waals surface area (Å²) in [4.78, 5) is 20.6. The zero-order valence-electron chi connectivity index (χ0n) is 15.7. The molecule has 2 aromatic carbocycles. The second-order valence-electron chi connectivity index (χ2n) is 6.98. The first-order valence-electron chi connectivity index (χ1n) is 9.28. The van der Waals surface area contributed by atoms with Gasteiger partial charge in [0.1, 0.15) is 11.5 Å². The van der Waals surface area contributed by atoms with Crippen molar-refractivity contribution in [3.05, 3.63) is 94.7 Å². The SMILES string of the molecule is Cc1oc(-c2cccs2)nc1CN1C(=O)[C@](O)(c2ccccc2)c2ccccc21. The molecule has 1 atom stereocenters. The van der Waals surface area contributed by atoms with Crippen molar-refractivity contribution in [3.63, 3.8) is 0 Å². The summed E-state index contributed by atoms with van der Waals surface area (Å²) >= 11 is 1.55. The fourth-order valence-electron chi connectivity index (χ4n) is 3.78. The van der Waals surface area contributed by atoms with Crippen LogP contribution in [0.4, 0.5) is 5.69 Å². The van der Waals surface area contributed by atoms with Gasteiger partial charge in [0, 0.05) is 5.56 Å². The Morgan fingerprint density at radius 3 is 2.59 bits per heavy atom. The van der Waals surface area contributed by atoms with Gasteiger partial charge >= 0.3 is 0 Å². The topological polar surface area (TPSA) is 66.6 Å². The Balaban J connectivity index is 1.56. The van der Waals surface area contributed by atoms with Crippen molar-refractivity contribution in [2.75, 3.05) is 4.90 Å². The van der Waals surface area contributed by atoms with E-state index in [2.05, 4.69) is 4.98 Å². The second kappa shape index (κ2) is 6.69. The number of benzene rings is 2. The molecule has 0 aliphatic carbocycles. The maximum Gasteiger partial charge on any atom is 0.268 e. The number of para-hydroxylation sites is 1. The minimum absolute atomic E-state index is 0.228. The van der Waals surface area contributed by atoms with E-state index < -0.39 is 5.60 Å². The molecule has 29 heavy (non-hydrogen) atoms. The van der Waals surface area contributed by atoms with Gasteiger partial charge in [0.15, 0.2) is 5.60 Å². The fourth-order valence-corrected chi connectivity index (χ4v) is 4.43. The van der Waals surface area contributed by atoms with E-state index in [4.69, 9.17) is 4.42 Å². The summed E-state index contributed by atoms with van der Waals surface area (Å²) < 4.78 is 5.83. The molecule has 1 N–H and O–H groups in total. The summed E-state index contributed by atoms with van der Waals surface area (Å²) in [7, 11) is 0. The normalized spacial score (nSPS) is 18.3. The third kappa shape index (κ3) is 2.72. The van der Waals surface area contributed by atoms with E-state index in [-0.39, 0.29) is 12.5 Å². The fraction of sp³-hybridized carbons (Fsp3) is 0.130. The first-order chi connectivity index (χ1) is 14.1. The predicted octanol–water partition coefficient (Wildman–Crippen LogP) is 4.49. The van der Waals surface area contributed by atoms with Gasteiger partial charge in [-0.15, -0.1) is 11.3 Å². The van der Waals surface area contributed by atoms with Crippen LogP contribution in [-0.2, 0) is 16.9 Å². The lowest BCUT2D eigenvalue weighted by molar-refractivity contribution is -0.132. The van der Waals surface area contributed by atoms with Crippen LogP contribution < -0.4 is 4.90 Å². The number of carbonyl (C=O) groups excluding carboxylic acids is 1. The number of anilines is 1. The largest absolute Gasteiger partial charge is 0.440 e. The summed E-state index contributed by atoms with van der Waals surface area (Å²) in [5, 5.41) is 13.5. The van der Waals surface area contributed by atoms with Crippen LogP contribution in [-0.4, -0.2) is 16.0 Å². The van der Waals surface area contributed by atoms with E-state index in [0.717, 1.165) is 4.88 Å². The van der Waals surface area contributed by atoms with Crippen molar-refractivity contribution in [1.82, 2.24) is 4.98 Å². The quantitative estimate of drug-likeness (QED) is 0.546. The highest BCUT2D eigenvalue weighted by molar-refractivity contribution is 7.13. The predicted molar refractivity (Wildman–Crippen MR) is 112 cm³/mol. The first-order valence-corrected chi connectivity index (χ1v) is 10.2. The van der Waals surface area contributed by atoms with Crippen LogP contribution in [0, 0.1) is 6.92 Å². The minimum atomic E-state index is -1.72. The van der Waals surface area contributed by atoms with Crippen LogP contribution in [0.1, 0.15) is 22.6 Å². The smallest absolute Gasteiger partial charge is 0.268 e. The zero-order chi connectivity index (χ0) is 20.0. The van der Waals surface area contributed by atoms with Crippen LogP contribution in [0.25, 0.3) is 10.8 Å². The molecule has 3 heterocycles. The summed E-state index contributed by atoms with van der Waals surface area (Å²) in [6.45, 7) is 2.07. The number of thiophene rings is 1. The molecule has 0 bridgehead atoms. The number of hydrogen-bond donors (Lipinski definition) is 1. The molecule has 5 nitrogen and oxygen atoms in total. The van der Waals surface area contributed by atoms with Crippen LogP contribution in [0.5, 0.6) is 0 Å². The molecule has 4 aromatic rings. The van der Waals surface area contributed by atoms with Gasteiger partial charge in [-0.1, -0.05) is 54.6 Å². The molecule has 0 saturated carbocycles. The summed E-state index contributed by atoms with van der Waals surface area (Å²) in [5.41, 5.74) is 0.774. The molecular weight excluding hydrogens is 384 g/mol. The van der Waals surface area contributed by atoms with Crippen molar-refractivity contribution >= 4 is 22.9 Å². The standard InChI is InChI=1S/C23H18N2O3S/c1-15-18(24-21(28-15)20-12-7-13-29-20)14-25-19-11-6-5-10-17(19)23(27,22(25)26)16-8-3-2-4-9-16/h2-13,27H,14H2,1H3/t23-/m0/s1. The zero-order valence-corrected chi connectivity index (χ0v) is 16.5. The number of rotatable bonds is 4. The number of nitrogens with zero attached hydrogens (tertiary/aromatic N) is 2. The second-order valence-corrected chi connectivity index (χ2v) is 7.93.